The highest BCUT2D eigenvalue weighted by molar-refractivity contribution is 14.1. The average molecular weight is 518 g/mol. The largest absolute Gasteiger partial charge is 0.495 e. The summed E-state index contributed by atoms with van der Waals surface area (Å²) in [5.74, 6) is -0.193. The molecule has 0 bridgehead atoms. The fraction of sp³-hybridized carbons (Fsp3) is 0.381. The minimum atomic E-state index is -0.454. The van der Waals surface area contributed by atoms with Crippen molar-refractivity contribution in [3.05, 3.63) is 70.4 Å². The van der Waals surface area contributed by atoms with Gasteiger partial charge in [-0.2, -0.15) is 10.2 Å². The van der Waals surface area contributed by atoms with Crippen molar-refractivity contribution in [2.24, 2.45) is 7.05 Å². The number of hydrogen-bond donors (Lipinski definition) is 0. The van der Waals surface area contributed by atoms with Gasteiger partial charge in [-0.05, 0) is 54.4 Å². The number of halogens is 1. The maximum Gasteiger partial charge on any atom is 0.495 e. The van der Waals surface area contributed by atoms with Gasteiger partial charge in [0.25, 0.3) is 0 Å². The van der Waals surface area contributed by atoms with Crippen molar-refractivity contribution in [3.63, 3.8) is 0 Å². The van der Waals surface area contributed by atoms with Crippen molar-refractivity contribution in [1.82, 2.24) is 19.6 Å². The SMILES string of the molecule is CC(c1cccc(B2OC(C)(C)C(C)(I)O2)c1)c1nn(-c2cnn(C)c2)ccc1=O. The van der Waals surface area contributed by atoms with Crippen molar-refractivity contribution in [2.45, 2.75) is 42.8 Å². The third kappa shape index (κ3) is 3.85. The van der Waals surface area contributed by atoms with E-state index in [4.69, 9.17) is 9.31 Å². The van der Waals surface area contributed by atoms with Gasteiger partial charge in [0, 0.05) is 25.2 Å². The van der Waals surface area contributed by atoms with Crippen molar-refractivity contribution >= 4 is 35.2 Å². The molecule has 1 aliphatic rings. The highest BCUT2D eigenvalue weighted by atomic mass is 127. The first-order valence-electron chi connectivity index (χ1n) is 9.81. The van der Waals surface area contributed by atoms with Crippen LogP contribution in [-0.2, 0) is 16.4 Å². The van der Waals surface area contributed by atoms with Gasteiger partial charge >= 0.3 is 7.12 Å². The maximum atomic E-state index is 12.6. The molecule has 0 radical (unpaired) electrons. The fourth-order valence-electron chi connectivity index (χ4n) is 3.40. The third-order valence-corrected chi connectivity index (χ3v) is 7.24. The number of rotatable bonds is 4. The molecule has 9 heteroatoms. The molecule has 7 nitrogen and oxygen atoms in total. The molecule has 4 rings (SSSR count). The Kier molecular flexibility index (Phi) is 5.40. The van der Waals surface area contributed by atoms with Crippen LogP contribution in [0.25, 0.3) is 5.69 Å². The van der Waals surface area contributed by atoms with Crippen LogP contribution in [0.4, 0.5) is 0 Å². The molecule has 1 aromatic carbocycles. The second-order valence-corrected chi connectivity index (χ2v) is 10.3. The molecule has 3 heterocycles. The van der Waals surface area contributed by atoms with E-state index in [-0.39, 0.29) is 11.3 Å². The van der Waals surface area contributed by atoms with Crippen LogP contribution in [0, 0.1) is 0 Å². The molecular weight excluding hydrogens is 494 g/mol. The first-order valence-corrected chi connectivity index (χ1v) is 10.9. The Hall–Kier alpha value is -1.98. The Morgan fingerprint density at radius 1 is 1.20 bits per heavy atom. The highest BCUT2D eigenvalue weighted by Crippen LogP contribution is 2.42. The van der Waals surface area contributed by atoms with E-state index in [1.165, 1.54) is 0 Å². The maximum absolute atomic E-state index is 12.6. The van der Waals surface area contributed by atoms with Crippen LogP contribution in [0.15, 0.2) is 53.7 Å². The lowest BCUT2D eigenvalue weighted by atomic mass is 9.77. The van der Waals surface area contributed by atoms with E-state index in [1.807, 2.05) is 65.2 Å². The van der Waals surface area contributed by atoms with E-state index in [0.717, 1.165) is 16.7 Å². The summed E-state index contributed by atoms with van der Waals surface area (Å²) in [6.07, 6.45) is 5.23. The van der Waals surface area contributed by atoms with Gasteiger partial charge in [-0.15, -0.1) is 0 Å². The molecular formula is C21H24BIN4O3. The predicted octanol–water partition coefficient (Wildman–Crippen LogP) is 2.79. The Morgan fingerprint density at radius 3 is 2.60 bits per heavy atom. The van der Waals surface area contributed by atoms with Crippen LogP contribution in [0.3, 0.4) is 0 Å². The molecule has 0 spiro atoms. The molecule has 0 aliphatic carbocycles. The minimum absolute atomic E-state index is 0.0950. The van der Waals surface area contributed by atoms with E-state index < -0.39 is 16.3 Å². The lowest BCUT2D eigenvalue weighted by molar-refractivity contribution is 0.0726. The molecule has 2 unspecified atom stereocenters. The first kappa shape index (κ1) is 21.3. The summed E-state index contributed by atoms with van der Waals surface area (Å²) in [7, 11) is 1.39. The Labute approximate surface area is 189 Å². The van der Waals surface area contributed by atoms with Gasteiger partial charge in [-0.1, -0.05) is 31.2 Å². The van der Waals surface area contributed by atoms with E-state index in [9.17, 15) is 4.79 Å². The summed E-state index contributed by atoms with van der Waals surface area (Å²) in [5, 5.41) is 8.77. The van der Waals surface area contributed by atoms with Crippen LogP contribution >= 0.6 is 22.6 Å². The molecule has 1 saturated heterocycles. The molecule has 0 amide bonds. The number of hydrogen-bond acceptors (Lipinski definition) is 5. The molecule has 2 atom stereocenters. The van der Waals surface area contributed by atoms with Crippen LogP contribution in [-0.4, -0.2) is 35.9 Å². The van der Waals surface area contributed by atoms with Gasteiger partial charge < -0.3 is 9.31 Å². The number of nitrogens with zero attached hydrogens (tertiary/aromatic N) is 4. The number of aryl methyl sites for hydroxylation is 1. The highest BCUT2D eigenvalue weighted by Gasteiger charge is 2.53. The van der Waals surface area contributed by atoms with Crippen molar-refractivity contribution < 1.29 is 9.31 Å². The average Bonchev–Trinajstić information content (AvgIpc) is 3.22. The van der Waals surface area contributed by atoms with Crippen LogP contribution in [0.5, 0.6) is 0 Å². The lowest BCUT2D eigenvalue weighted by Crippen LogP contribution is -2.38. The van der Waals surface area contributed by atoms with Crippen molar-refractivity contribution in [1.29, 1.82) is 0 Å². The summed E-state index contributed by atoms with van der Waals surface area (Å²) in [5.41, 5.74) is 2.67. The van der Waals surface area contributed by atoms with Crippen LogP contribution < -0.4 is 10.9 Å². The molecule has 1 aliphatic heterocycles. The molecule has 30 heavy (non-hydrogen) atoms. The predicted molar refractivity (Wildman–Crippen MR) is 125 cm³/mol. The minimum Gasteiger partial charge on any atom is -0.398 e. The lowest BCUT2D eigenvalue weighted by Gasteiger charge is -2.30. The van der Waals surface area contributed by atoms with E-state index in [1.54, 1.807) is 27.8 Å². The fourth-order valence-corrected chi connectivity index (χ4v) is 3.76. The second kappa shape index (κ2) is 7.62. The number of benzene rings is 1. The quantitative estimate of drug-likeness (QED) is 0.302. The smallest absolute Gasteiger partial charge is 0.398 e. The normalized spacial score (nSPS) is 21.7. The molecule has 3 aromatic rings. The van der Waals surface area contributed by atoms with Gasteiger partial charge in [0.1, 0.15) is 15.0 Å². The summed E-state index contributed by atoms with van der Waals surface area (Å²) >= 11 is 2.29. The van der Waals surface area contributed by atoms with E-state index in [0.29, 0.717) is 5.69 Å². The zero-order valence-electron chi connectivity index (χ0n) is 17.7. The summed E-state index contributed by atoms with van der Waals surface area (Å²) in [4.78, 5) is 12.6. The molecule has 0 saturated carbocycles. The standard InChI is InChI=1S/C21H24BIN4O3/c1-14(19-18(28)9-10-27(25-19)17-12-24-26(5)13-17)15-7-6-8-16(11-15)22-29-20(2,3)21(4,23)30-22/h6-14H,1-5H3. The summed E-state index contributed by atoms with van der Waals surface area (Å²) in [6, 6.07) is 9.53. The molecule has 2 aromatic heterocycles. The van der Waals surface area contributed by atoms with E-state index in [2.05, 4.69) is 32.8 Å². The zero-order valence-corrected chi connectivity index (χ0v) is 19.8. The van der Waals surface area contributed by atoms with Crippen LogP contribution in [0.1, 0.15) is 44.9 Å². The van der Waals surface area contributed by atoms with Gasteiger partial charge in [0.2, 0.25) is 5.43 Å². The first-order chi connectivity index (χ1) is 14.1. The monoisotopic (exact) mass is 518 g/mol. The Balaban J connectivity index is 1.66. The Morgan fingerprint density at radius 2 is 1.97 bits per heavy atom. The van der Waals surface area contributed by atoms with Gasteiger partial charge in [0.05, 0.1) is 18.0 Å². The number of alkyl halides is 1. The van der Waals surface area contributed by atoms with Crippen LogP contribution in [0.2, 0.25) is 0 Å². The van der Waals surface area contributed by atoms with Crippen molar-refractivity contribution in [3.8, 4) is 5.69 Å². The van der Waals surface area contributed by atoms with Crippen molar-refractivity contribution in [2.75, 3.05) is 0 Å². The summed E-state index contributed by atoms with van der Waals surface area (Å²) < 4.78 is 15.3. The third-order valence-electron chi connectivity index (χ3n) is 5.69. The number of aromatic nitrogens is 4. The van der Waals surface area contributed by atoms with E-state index >= 15 is 0 Å². The summed E-state index contributed by atoms with van der Waals surface area (Å²) in [6.45, 7) is 8.06. The second-order valence-electron chi connectivity index (χ2n) is 8.27. The molecule has 0 N–H and O–H groups in total. The zero-order chi connectivity index (χ0) is 21.7. The molecule has 156 valence electrons. The Bertz CT molecular complexity index is 1130. The van der Waals surface area contributed by atoms with Gasteiger partial charge in [-0.3, -0.25) is 9.48 Å². The molecule has 1 fully saturated rings. The van der Waals surface area contributed by atoms with Gasteiger partial charge in [0.15, 0.2) is 0 Å². The topological polar surface area (TPSA) is 71.2 Å². The van der Waals surface area contributed by atoms with Gasteiger partial charge in [-0.25, -0.2) is 4.68 Å².